The van der Waals surface area contributed by atoms with Crippen molar-refractivity contribution < 1.29 is 9.53 Å². The van der Waals surface area contributed by atoms with Crippen LogP contribution in [-0.4, -0.2) is 27.8 Å². The van der Waals surface area contributed by atoms with Gasteiger partial charge in [-0.1, -0.05) is 15.9 Å². The molecule has 122 valence electrons. The highest BCUT2D eigenvalue weighted by atomic mass is 79.9. The molecule has 6 heteroatoms. The van der Waals surface area contributed by atoms with Crippen molar-refractivity contribution >= 4 is 27.5 Å². The van der Waals surface area contributed by atoms with E-state index in [2.05, 4.69) is 21.0 Å². The molecular weight excluding hydrogens is 358 g/mol. The lowest BCUT2D eigenvalue weighted by atomic mass is 10.0. The number of benzene rings is 1. The zero-order chi connectivity index (χ0) is 16.6. The first-order valence-electron chi connectivity index (χ1n) is 7.60. The third-order valence-corrected chi connectivity index (χ3v) is 4.32. The Hall–Kier alpha value is -1.82. The lowest BCUT2D eigenvalue weighted by Crippen LogP contribution is -2.49. The van der Waals surface area contributed by atoms with Gasteiger partial charge in [-0.05, 0) is 44.0 Å². The molecule has 1 aromatic heterocycles. The summed E-state index contributed by atoms with van der Waals surface area (Å²) in [5.74, 6) is 0.846. The van der Waals surface area contributed by atoms with Crippen LogP contribution in [0.1, 0.15) is 25.8 Å². The maximum absolute atomic E-state index is 12.7. The van der Waals surface area contributed by atoms with Crippen molar-refractivity contribution in [2.24, 2.45) is 7.05 Å². The molecule has 0 spiro atoms. The lowest BCUT2D eigenvalue weighted by molar-refractivity contribution is -0.119. The van der Waals surface area contributed by atoms with Crippen LogP contribution < -0.4 is 9.64 Å². The molecule has 0 fully saturated rings. The first kappa shape index (κ1) is 16.1. The van der Waals surface area contributed by atoms with Gasteiger partial charge >= 0.3 is 0 Å². The fourth-order valence-electron chi connectivity index (χ4n) is 2.80. The van der Waals surface area contributed by atoms with Gasteiger partial charge in [0.2, 0.25) is 5.91 Å². The van der Waals surface area contributed by atoms with E-state index in [4.69, 9.17) is 4.74 Å². The van der Waals surface area contributed by atoms with Crippen LogP contribution in [0.3, 0.4) is 0 Å². The van der Waals surface area contributed by atoms with Crippen LogP contribution in [0, 0.1) is 0 Å². The van der Waals surface area contributed by atoms with Crippen molar-refractivity contribution in [3.8, 4) is 5.75 Å². The quantitative estimate of drug-likeness (QED) is 0.823. The van der Waals surface area contributed by atoms with Crippen LogP contribution in [0.15, 0.2) is 35.1 Å². The second-order valence-electron chi connectivity index (χ2n) is 6.48. The molecule has 3 rings (SSSR count). The Morgan fingerprint density at radius 2 is 2.22 bits per heavy atom. The summed E-state index contributed by atoms with van der Waals surface area (Å²) in [4.78, 5) is 14.6. The van der Waals surface area contributed by atoms with Crippen LogP contribution in [0.4, 0.5) is 5.69 Å². The summed E-state index contributed by atoms with van der Waals surface area (Å²) in [7, 11) is 1.88. The number of hydrogen-bond acceptors (Lipinski definition) is 3. The smallest absolute Gasteiger partial charge is 0.227 e. The third kappa shape index (κ3) is 3.58. The van der Waals surface area contributed by atoms with Crippen LogP contribution in [0.5, 0.6) is 5.75 Å². The summed E-state index contributed by atoms with van der Waals surface area (Å²) in [6, 6.07) is 5.77. The minimum atomic E-state index is -0.405. The average molecular weight is 378 g/mol. The number of aryl methyl sites for hydroxylation is 2. The SMILES string of the molecule is Cn1cc(CCC(=O)N2CC(C)(C)Oc3cc(Br)ccc32)cn1. The highest BCUT2D eigenvalue weighted by Gasteiger charge is 2.34. The minimum Gasteiger partial charge on any atom is -0.484 e. The van der Waals surface area contributed by atoms with Gasteiger partial charge in [-0.3, -0.25) is 9.48 Å². The molecule has 0 saturated carbocycles. The molecule has 0 aliphatic carbocycles. The highest BCUT2D eigenvalue weighted by Crippen LogP contribution is 2.39. The number of aromatic nitrogens is 2. The molecule has 1 aliphatic rings. The summed E-state index contributed by atoms with van der Waals surface area (Å²) < 4.78 is 8.71. The van der Waals surface area contributed by atoms with Crippen molar-refractivity contribution in [2.75, 3.05) is 11.4 Å². The van der Waals surface area contributed by atoms with E-state index in [1.807, 2.05) is 56.4 Å². The van der Waals surface area contributed by atoms with Crippen LogP contribution >= 0.6 is 15.9 Å². The van der Waals surface area contributed by atoms with Gasteiger partial charge in [0.1, 0.15) is 11.4 Å². The van der Waals surface area contributed by atoms with E-state index in [9.17, 15) is 4.79 Å². The summed E-state index contributed by atoms with van der Waals surface area (Å²) in [6.45, 7) is 4.55. The summed E-state index contributed by atoms with van der Waals surface area (Å²) in [6.07, 6.45) is 4.90. The van der Waals surface area contributed by atoms with Crippen molar-refractivity contribution in [1.29, 1.82) is 0 Å². The number of amides is 1. The third-order valence-electron chi connectivity index (χ3n) is 3.82. The van der Waals surface area contributed by atoms with Gasteiger partial charge in [0, 0.05) is 24.1 Å². The first-order chi connectivity index (χ1) is 10.8. The van der Waals surface area contributed by atoms with Crippen LogP contribution in [0.25, 0.3) is 0 Å². The van der Waals surface area contributed by atoms with Crippen molar-refractivity contribution in [1.82, 2.24) is 9.78 Å². The Kier molecular flexibility index (Phi) is 4.19. The molecule has 1 aromatic carbocycles. The van der Waals surface area contributed by atoms with E-state index in [1.165, 1.54) is 0 Å². The van der Waals surface area contributed by atoms with E-state index in [1.54, 1.807) is 4.68 Å². The monoisotopic (exact) mass is 377 g/mol. The Morgan fingerprint density at radius 1 is 1.43 bits per heavy atom. The summed E-state index contributed by atoms with van der Waals surface area (Å²) in [5.41, 5.74) is 1.51. The van der Waals surface area contributed by atoms with Crippen molar-refractivity contribution in [3.05, 3.63) is 40.6 Å². The normalized spacial score (nSPS) is 15.9. The zero-order valence-corrected chi connectivity index (χ0v) is 15.1. The number of nitrogens with zero attached hydrogens (tertiary/aromatic N) is 3. The average Bonchev–Trinajstić information content (AvgIpc) is 2.88. The number of anilines is 1. The standard InChI is InChI=1S/C17H20BrN3O2/c1-17(2)11-21(14-6-5-13(18)8-15(14)23-17)16(22)7-4-12-9-19-20(3)10-12/h5-6,8-10H,4,7,11H2,1-3H3. The number of carbonyl (C=O) groups excluding carboxylic acids is 1. The number of hydrogen-bond donors (Lipinski definition) is 0. The van der Waals surface area contributed by atoms with E-state index >= 15 is 0 Å². The number of halogens is 1. The van der Waals surface area contributed by atoms with Crippen molar-refractivity contribution in [3.63, 3.8) is 0 Å². The Morgan fingerprint density at radius 3 is 2.91 bits per heavy atom. The minimum absolute atomic E-state index is 0.105. The second-order valence-corrected chi connectivity index (χ2v) is 7.39. The van der Waals surface area contributed by atoms with Gasteiger partial charge in [-0.15, -0.1) is 0 Å². The molecule has 0 radical (unpaired) electrons. The van der Waals surface area contributed by atoms with Gasteiger partial charge in [-0.2, -0.15) is 5.10 Å². The Bertz CT molecular complexity index is 739. The number of rotatable bonds is 3. The molecule has 0 bridgehead atoms. The molecule has 0 saturated heterocycles. The molecule has 0 N–H and O–H groups in total. The highest BCUT2D eigenvalue weighted by molar-refractivity contribution is 9.10. The topological polar surface area (TPSA) is 47.4 Å². The number of carbonyl (C=O) groups is 1. The fourth-order valence-corrected chi connectivity index (χ4v) is 3.14. The molecule has 2 aromatic rings. The molecule has 0 unspecified atom stereocenters. The van der Waals surface area contributed by atoms with Crippen LogP contribution in [-0.2, 0) is 18.3 Å². The maximum atomic E-state index is 12.7. The van der Waals surface area contributed by atoms with Crippen molar-refractivity contribution in [2.45, 2.75) is 32.3 Å². The second kappa shape index (κ2) is 6.00. The Balaban J connectivity index is 1.79. The lowest BCUT2D eigenvalue weighted by Gasteiger charge is -2.39. The number of fused-ring (bicyclic) bond motifs is 1. The molecular formula is C17H20BrN3O2. The van der Waals surface area contributed by atoms with Gasteiger partial charge in [0.25, 0.3) is 0 Å². The summed E-state index contributed by atoms with van der Waals surface area (Å²) >= 11 is 3.46. The molecule has 23 heavy (non-hydrogen) atoms. The summed E-state index contributed by atoms with van der Waals surface area (Å²) in [5, 5.41) is 4.14. The Labute approximate surface area is 144 Å². The first-order valence-corrected chi connectivity index (χ1v) is 8.40. The number of ether oxygens (including phenoxy) is 1. The van der Waals surface area contributed by atoms with E-state index in [0.717, 1.165) is 21.5 Å². The van der Waals surface area contributed by atoms with Gasteiger partial charge in [0.15, 0.2) is 0 Å². The maximum Gasteiger partial charge on any atom is 0.227 e. The van der Waals surface area contributed by atoms with Gasteiger partial charge in [-0.25, -0.2) is 0 Å². The molecule has 1 aliphatic heterocycles. The van der Waals surface area contributed by atoms with Crippen LogP contribution in [0.2, 0.25) is 0 Å². The molecule has 2 heterocycles. The predicted molar refractivity (Wildman–Crippen MR) is 92.7 cm³/mol. The predicted octanol–water partition coefficient (Wildman–Crippen LogP) is 3.32. The molecule has 5 nitrogen and oxygen atoms in total. The largest absolute Gasteiger partial charge is 0.484 e. The zero-order valence-electron chi connectivity index (χ0n) is 13.5. The van der Waals surface area contributed by atoms with E-state index in [0.29, 0.717) is 19.4 Å². The fraction of sp³-hybridized carbons (Fsp3) is 0.412. The molecule has 0 atom stereocenters. The van der Waals surface area contributed by atoms with E-state index < -0.39 is 5.60 Å². The van der Waals surface area contributed by atoms with Gasteiger partial charge < -0.3 is 9.64 Å². The van der Waals surface area contributed by atoms with E-state index in [-0.39, 0.29) is 5.91 Å². The van der Waals surface area contributed by atoms with Gasteiger partial charge in [0.05, 0.1) is 18.4 Å². The molecule has 1 amide bonds.